The van der Waals surface area contributed by atoms with Gasteiger partial charge in [-0.15, -0.1) is 0 Å². The third-order valence-corrected chi connectivity index (χ3v) is 4.89. The van der Waals surface area contributed by atoms with E-state index in [1.54, 1.807) is 0 Å². The maximum absolute atomic E-state index is 13.2. The average molecular weight is 352 g/mol. The molecule has 0 N–H and O–H groups in total. The Bertz CT molecular complexity index is 1540. The second-order valence-electron chi connectivity index (χ2n) is 6.46. The molecule has 6 aromatic rings. The number of furan rings is 1. The summed E-state index contributed by atoms with van der Waals surface area (Å²) in [6.07, 6.45) is 0. The number of oxazole rings is 1. The fraction of sp³-hybridized carbons (Fsp3) is 0. The number of rotatable bonds is 1. The van der Waals surface area contributed by atoms with Crippen LogP contribution >= 0.6 is 0 Å². The van der Waals surface area contributed by atoms with Gasteiger partial charge in [-0.3, -0.25) is 4.79 Å². The summed E-state index contributed by atoms with van der Waals surface area (Å²) in [5.41, 5.74) is 4.15. The number of para-hydroxylation sites is 1. The van der Waals surface area contributed by atoms with Crippen LogP contribution in [-0.4, -0.2) is 9.38 Å². The van der Waals surface area contributed by atoms with Crippen molar-refractivity contribution >= 4 is 39.0 Å². The molecule has 3 aromatic carbocycles. The largest absolute Gasteiger partial charge is 0.437 e. The molecule has 0 spiro atoms. The van der Waals surface area contributed by atoms with Crippen LogP contribution in [-0.2, 0) is 0 Å². The maximum atomic E-state index is 13.2. The second kappa shape index (κ2) is 5.08. The number of aromatic nitrogens is 2. The molecule has 0 saturated carbocycles. The van der Waals surface area contributed by atoms with E-state index >= 15 is 0 Å². The molecule has 3 heterocycles. The Labute approximate surface area is 152 Å². The van der Waals surface area contributed by atoms with E-state index in [0.29, 0.717) is 27.8 Å². The number of fused-ring (bicyclic) bond motifs is 6. The zero-order valence-electron chi connectivity index (χ0n) is 14.0. The molecule has 0 amide bonds. The second-order valence-corrected chi connectivity index (χ2v) is 6.46. The molecule has 6 rings (SSSR count). The van der Waals surface area contributed by atoms with Crippen LogP contribution in [0.15, 0.2) is 86.4 Å². The van der Waals surface area contributed by atoms with Crippen molar-refractivity contribution in [1.82, 2.24) is 9.38 Å². The summed E-state index contributed by atoms with van der Waals surface area (Å²) >= 11 is 0. The minimum absolute atomic E-state index is 0.189. The van der Waals surface area contributed by atoms with Crippen LogP contribution in [0.1, 0.15) is 0 Å². The average Bonchev–Trinajstić information content (AvgIpc) is 3.26. The third-order valence-electron chi connectivity index (χ3n) is 4.89. The Morgan fingerprint density at radius 1 is 0.778 bits per heavy atom. The predicted octanol–water partition coefficient (Wildman–Crippen LogP) is 5.01. The first-order valence-electron chi connectivity index (χ1n) is 8.61. The van der Waals surface area contributed by atoms with Crippen molar-refractivity contribution < 1.29 is 8.83 Å². The smallest absolute Gasteiger partial charge is 0.313 e. The highest BCUT2D eigenvalue weighted by molar-refractivity contribution is 6.03. The molecular formula is C22H12N2O3. The maximum Gasteiger partial charge on any atom is 0.313 e. The van der Waals surface area contributed by atoms with Crippen LogP contribution in [0.4, 0.5) is 0 Å². The molecule has 0 radical (unpaired) electrons. The summed E-state index contributed by atoms with van der Waals surface area (Å²) in [6, 6.07) is 23.3. The zero-order valence-corrected chi connectivity index (χ0v) is 14.0. The molecule has 0 saturated heterocycles. The number of hydrogen-bond acceptors (Lipinski definition) is 4. The van der Waals surface area contributed by atoms with E-state index in [9.17, 15) is 4.79 Å². The monoisotopic (exact) mass is 352 g/mol. The van der Waals surface area contributed by atoms with Gasteiger partial charge in [0.25, 0.3) is 5.56 Å². The van der Waals surface area contributed by atoms with Gasteiger partial charge in [0.15, 0.2) is 5.58 Å². The van der Waals surface area contributed by atoms with Gasteiger partial charge in [-0.05, 0) is 29.3 Å². The lowest BCUT2D eigenvalue weighted by Crippen LogP contribution is -2.12. The number of nitrogens with zero attached hydrogens (tertiary/aromatic N) is 2. The molecule has 128 valence electrons. The minimum atomic E-state index is -0.189. The fourth-order valence-electron chi connectivity index (χ4n) is 3.62. The molecule has 3 aromatic heterocycles. The lowest BCUT2D eigenvalue weighted by atomic mass is 10.1. The first kappa shape index (κ1) is 14.3. The van der Waals surface area contributed by atoms with Crippen molar-refractivity contribution in [3.05, 3.63) is 83.2 Å². The first-order valence-corrected chi connectivity index (χ1v) is 8.61. The van der Waals surface area contributed by atoms with Crippen LogP contribution < -0.4 is 5.56 Å². The van der Waals surface area contributed by atoms with Gasteiger partial charge in [-0.2, -0.15) is 4.98 Å². The summed E-state index contributed by atoms with van der Waals surface area (Å²) in [5.74, 6) is 0.228. The highest BCUT2D eigenvalue weighted by Crippen LogP contribution is 2.29. The lowest BCUT2D eigenvalue weighted by Gasteiger charge is -2.00. The third kappa shape index (κ3) is 1.93. The Morgan fingerprint density at radius 3 is 2.48 bits per heavy atom. The molecular weight excluding hydrogens is 340 g/mol. The first-order chi connectivity index (χ1) is 13.3. The molecule has 0 aliphatic carbocycles. The van der Waals surface area contributed by atoms with Crippen molar-refractivity contribution in [2.24, 2.45) is 0 Å². The fourth-order valence-corrected chi connectivity index (χ4v) is 3.62. The van der Waals surface area contributed by atoms with E-state index in [1.807, 2.05) is 72.8 Å². The molecule has 5 nitrogen and oxygen atoms in total. The van der Waals surface area contributed by atoms with E-state index in [1.165, 1.54) is 4.40 Å². The summed E-state index contributed by atoms with van der Waals surface area (Å²) in [5, 5.41) is 1.23. The zero-order chi connectivity index (χ0) is 18.0. The van der Waals surface area contributed by atoms with Crippen LogP contribution in [0, 0.1) is 0 Å². The van der Waals surface area contributed by atoms with Gasteiger partial charge < -0.3 is 8.83 Å². The highest BCUT2D eigenvalue weighted by atomic mass is 16.4. The number of hydrogen-bond donors (Lipinski definition) is 0. The van der Waals surface area contributed by atoms with Gasteiger partial charge in [-0.1, -0.05) is 54.6 Å². The van der Waals surface area contributed by atoms with Gasteiger partial charge in [0.05, 0.1) is 5.52 Å². The quantitative estimate of drug-likeness (QED) is 0.417. The molecule has 0 bridgehead atoms. The van der Waals surface area contributed by atoms with Crippen LogP contribution in [0.5, 0.6) is 0 Å². The van der Waals surface area contributed by atoms with Crippen LogP contribution in [0.25, 0.3) is 50.1 Å². The van der Waals surface area contributed by atoms with Crippen LogP contribution in [0.3, 0.4) is 0 Å². The van der Waals surface area contributed by atoms with E-state index < -0.39 is 0 Å². The Morgan fingerprint density at radius 2 is 1.59 bits per heavy atom. The minimum Gasteiger partial charge on any atom is -0.437 e. The summed E-state index contributed by atoms with van der Waals surface area (Å²) in [6.45, 7) is 0. The Kier molecular flexibility index (Phi) is 2.69. The molecule has 5 heteroatoms. The number of benzene rings is 3. The Hall–Kier alpha value is -3.86. The van der Waals surface area contributed by atoms with E-state index in [2.05, 4.69) is 4.98 Å². The molecule has 0 unspecified atom stereocenters. The van der Waals surface area contributed by atoms with Gasteiger partial charge in [0, 0.05) is 5.39 Å². The summed E-state index contributed by atoms with van der Waals surface area (Å²) in [7, 11) is 0. The SMILES string of the molecule is O=c1c2c(nc3oc4cc(-c5ccccc5)ccc4n13)oc1ccccc12. The van der Waals surface area contributed by atoms with Crippen molar-refractivity contribution in [3.8, 4) is 11.1 Å². The van der Waals surface area contributed by atoms with Gasteiger partial charge in [0.1, 0.15) is 11.0 Å². The van der Waals surface area contributed by atoms with Crippen LogP contribution in [0.2, 0.25) is 0 Å². The van der Waals surface area contributed by atoms with Crippen molar-refractivity contribution in [1.29, 1.82) is 0 Å². The van der Waals surface area contributed by atoms with E-state index in [0.717, 1.165) is 16.5 Å². The normalized spacial score (nSPS) is 11.9. The van der Waals surface area contributed by atoms with Crippen molar-refractivity contribution in [2.45, 2.75) is 0 Å². The molecule has 0 atom stereocenters. The topological polar surface area (TPSA) is 60.7 Å². The van der Waals surface area contributed by atoms with Gasteiger partial charge in [0.2, 0.25) is 5.71 Å². The van der Waals surface area contributed by atoms with Gasteiger partial charge in [-0.25, -0.2) is 4.40 Å². The summed E-state index contributed by atoms with van der Waals surface area (Å²) in [4.78, 5) is 17.6. The van der Waals surface area contributed by atoms with Crippen molar-refractivity contribution in [3.63, 3.8) is 0 Å². The van der Waals surface area contributed by atoms with Crippen molar-refractivity contribution in [2.75, 3.05) is 0 Å². The molecule has 27 heavy (non-hydrogen) atoms. The standard InChI is InChI=1S/C22H12N2O3/c25-21-19-15-8-4-5-9-17(15)26-20(19)23-22-24(21)16-11-10-14(12-18(16)27-22)13-6-2-1-3-7-13/h1-12H. The van der Waals surface area contributed by atoms with Gasteiger partial charge >= 0.3 is 5.84 Å². The lowest BCUT2D eigenvalue weighted by molar-refractivity contribution is 0.616. The highest BCUT2D eigenvalue weighted by Gasteiger charge is 2.18. The molecule has 0 fully saturated rings. The molecule has 0 aliphatic heterocycles. The molecule has 0 aliphatic rings. The van der Waals surface area contributed by atoms with E-state index in [4.69, 9.17) is 8.83 Å². The Balaban J connectivity index is 1.71. The predicted molar refractivity (Wildman–Crippen MR) is 104 cm³/mol. The van der Waals surface area contributed by atoms with E-state index in [-0.39, 0.29) is 11.4 Å². The summed E-state index contributed by atoms with van der Waals surface area (Å²) < 4.78 is 13.1.